The van der Waals surface area contributed by atoms with E-state index >= 15 is 4.79 Å². The van der Waals surface area contributed by atoms with Gasteiger partial charge >= 0.3 is 6.03 Å². The maximum Gasteiger partial charge on any atom is 0.315 e. The molecule has 5 amide bonds. The molecule has 2 aliphatic heterocycles. The van der Waals surface area contributed by atoms with Gasteiger partial charge in [0, 0.05) is 23.3 Å². The quantitative estimate of drug-likeness (QED) is 0.190. The second kappa shape index (κ2) is 18.0. The van der Waals surface area contributed by atoms with Crippen LogP contribution in [0.25, 0.3) is 22.2 Å². The molecule has 1 saturated heterocycles. The van der Waals surface area contributed by atoms with Gasteiger partial charge in [-0.2, -0.15) is 0 Å². The highest BCUT2D eigenvalue weighted by Crippen LogP contribution is 2.46. The highest BCUT2D eigenvalue weighted by atomic mass is 32.2. The first-order valence-electron chi connectivity index (χ1n) is 22.0. The van der Waals surface area contributed by atoms with Crippen LogP contribution < -0.4 is 34.9 Å². The van der Waals surface area contributed by atoms with Crippen molar-refractivity contribution in [2.24, 2.45) is 17.8 Å². The Morgan fingerprint density at radius 1 is 1.00 bits per heavy atom. The van der Waals surface area contributed by atoms with E-state index in [4.69, 9.17) is 19.2 Å². The van der Waals surface area contributed by atoms with Crippen LogP contribution in [0.3, 0.4) is 0 Å². The number of nitrogens with one attached hydrogen (secondary N) is 4. The zero-order valence-electron chi connectivity index (χ0n) is 37.4. The van der Waals surface area contributed by atoms with E-state index in [1.54, 1.807) is 25.4 Å². The van der Waals surface area contributed by atoms with Crippen LogP contribution in [0.15, 0.2) is 54.7 Å². The van der Waals surface area contributed by atoms with Crippen molar-refractivity contribution in [2.45, 2.75) is 134 Å². The standard InChI is InChI=1S/C46H61N7O9S/c1-26(2)61-32-14-18-36(47-24-32)37-21-29-20-31(60-8)13-17-35(29)41(48-37)62-33-22-38-40(54)50-46(43(56)52-63(58,59)34-15-16-34)23-30(46)12-10-9-11-27(3)19-28(4)39(42(55)53(38)25-33)49-44(57)51-45(5,6)7/h10,12-14,17-18,20-21,24,26-28,30,33-34,38-39H,9,11,15-16,19,22-23,25H2,1-8H3,(H,50,54)(H,52,56)(H2,49,51,57). The molecule has 4 N–H and O–H groups in total. The van der Waals surface area contributed by atoms with Gasteiger partial charge in [-0.1, -0.05) is 26.0 Å². The molecule has 2 aromatic heterocycles. The van der Waals surface area contributed by atoms with Gasteiger partial charge in [-0.05, 0) is 127 Å². The summed E-state index contributed by atoms with van der Waals surface area (Å²) in [5.41, 5.74) is -1.08. The number of carbonyl (C=O) groups is 4. The number of urea groups is 1. The summed E-state index contributed by atoms with van der Waals surface area (Å²) in [6, 6.07) is 8.26. The number of benzene rings is 1. The topological polar surface area (TPSA) is 207 Å². The molecular formula is C46H61N7O9S. The summed E-state index contributed by atoms with van der Waals surface area (Å²) in [4.78, 5) is 68.2. The summed E-state index contributed by atoms with van der Waals surface area (Å²) < 4.78 is 46.3. The number of hydrogen-bond donors (Lipinski definition) is 4. The highest BCUT2D eigenvalue weighted by Gasteiger charge is 2.62. The number of sulfonamides is 1. The molecular weight excluding hydrogens is 827 g/mol. The van der Waals surface area contributed by atoms with Gasteiger partial charge in [0.1, 0.15) is 35.2 Å². The van der Waals surface area contributed by atoms with Crippen molar-refractivity contribution in [2.75, 3.05) is 13.7 Å². The minimum absolute atomic E-state index is 0.00485. The first kappa shape index (κ1) is 45.6. The largest absolute Gasteiger partial charge is 0.497 e. The summed E-state index contributed by atoms with van der Waals surface area (Å²) in [7, 11) is -2.35. The number of aromatic nitrogens is 2. The number of nitrogens with zero attached hydrogens (tertiary/aromatic N) is 3. The summed E-state index contributed by atoms with van der Waals surface area (Å²) in [5.74, 6) is -1.11. The SMILES string of the molecule is COc1ccc2c(OC3CC4C(=O)NC5(C(=O)NS(=O)(=O)C6CC6)CC5C=CCCC(C)CC(C)C(NC(=O)NC(C)(C)C)C(=O)N4C3)nc(-c3ccc(OC(C)C)cn3)cc2c1. The molecule has 340 valence electrons. The molecule has 17 heteroatoms. The lowest BCUT2D eigenvalue weighted by atomic mass is 9.88. The van der Waals surface area contributed by atoms with Crippen molar-refractivity contribution in [3.63, 3.8) is 0 Å². The normalized spacial score (nSPS) is 26.7. The molecule has 4 aliphatic rings. The second-order valence-corrected chi connectivity index (χ2v) is 21.0. The first-order chi connectivity index (χ1) is 29.7. The van der Waals surface area contributed by atoms with Gasteiger partial charge in [-0.25, -0.2) is 18.2 Å². The molecule has 0 bridgehead atoms. The molecule has 4 heterocycles. The predicted octanol–water partition coefficient (Wildman–Crippen LogP) is 5.40. The summed E-state index contributed by atoms with van der Waals surface area (Å²) >= 11 is 0. The number of ether oxygens (including phenoxy) is 3. The van der Waals surface area contributed by atoms with Gasteiger partial charge < -0.3 is 35.1 Å². The molecule has 2 aliphatic carbocycles. The number of rotatable bonds is 10. The molecule has 0 spiro atoms. The lowest BCUT2D eigenvalue weighted by Gasteiger charge is -2.33. The Labute approximate surface area is 369 Å². The van der Waals surface area contributed by atoms with Crippen LogP contribution in [-0.4, -0.2) is 101 Å². The van der Waals surface area contributed by atoms with E-state index in [2.05, 4.69) is 32.6 Å². The third kappa shape index (κ3) is 10.7. The van der Waals surface area contributed by atoms with E-state index < -0.39 is 74.2 Å². The van der Waals surface area contributed by atoms with Crippen molar-refractivity contribution in [3.8, 4) is 28.8 Å². The highest BCUT2D eigenvalue weighted by molar-refractivity contribution is 7.91. The van der Waals surface area contributed by atoms with Gasteiger partial charge in [0.15, 0.2) is 0 Å². The number of methoxy groups -OCH3 is 1. The zero-order valence-corrected chi connectivity index (χ0v) is 38.2. The van der Waals surface area contributed by atoms with E-state index in [0.29, 0.717) is 54.0 Å². The average Bonchev–Trinajstić information content (AvgIpc) is 4.14. The van der Waals surface area contributed by atoms with Crippen LogP contribution in [0, 0.1) is 17.8 Å². The Morgan fingerprint density at radius 2 is 1.75 bits per heavy atom. The number of pyridine rings is 2. The molecule has 16 nitrogen and oxygen atoms in total. The fourth-order valence-electron chi connectivity index (χ4n) is 8.60. The third-order valence-corrected chi connectivity index (χ3v) is 13.9. The van der Waals surface area contributed by atoms with E-state index in [9.17, 15) is 22.8 Å². The van der Waals surface area contributed by atoms with Crippen molar-refractivity contribution in [1.29, 1.82) is 0 Å². The molecule has 2 saturated carbocycles. The summed E-state index contributed by atoms with van der Waals surface area (Å²) in [5, 5.41) is 9.52. The van der Waals surface area contributed by atoms with Gasteiger partial charge in [-0.15, -0.1) is 0 Å². The van der Waals surface area contributed by atoms with E-state index in [1.807, 2.05) is 78.0 Å². The van der Waals surface area contributed by atoms with Crippen LogP contribution in [0.4, 0.5) is 4.79 Å². The number of amides is 5. The van der Waals surface area contributed by atoms with Crippen molar-refractivity contribution < 1.29 is 41.8 Å². The molecule has 0 radical (unpaired) electrons. The van der Waals surface area contributed by atoms with Crippen LogP contribution in [0.5, 0.6) is 17.4 Å². The van der Waals surface area contributed by atoms with Crippen LogP contribution in [-0.2, 0) is 24.4 Å². The zero-order chi connectivity index (χ0) is 45.4. The molecule has 3 fully saturated rings. The minimum atomic E-state index is -3.93. The Morgan fingerprint density at radius 3 is 2.41 bits per heavy atom. The Bertz CT molecular complexity index is 2360. The van der Waals surface area contributed by atoms with Gasteiger partial charge in [-0.3, -0.25) is 24.1 Å². The summed E-state index contributed by atoms with van der Waals surface area (Å²) in [6.07, 6.45) is 7.82. The number of fused-ring (bicyclic) bond motifs is 3. The average molecular weight is 888 g/mol. The van der Waals surface area contributed by atoms with E-state index in [-0.39, 0.29) is 43.2 Å². The fraction of sp³-hybridized carbons (Fsp3) is 0.565. The van der Waals surface area contributed by atoms with Crippen LogP contribution in [0.2, 0.25) is 0 Å². The molecule has 1 aromatic carbocycles. The summed E-state index contributed by atoms with van der Waals surface area (Å²) in [6.45, 7) is 13.3. The van der Waals surface area contributed by atoms with Crippen LogP contribution >= 0.6 is 0 Å². The van der Waals surface area contributed by atoms with E-state index in [1.165, 1.54) is 4.90 Å². The Hall–Kier alpha value is -5.45. The van der Waals surface area contributed by atoms with Gasteiger partial charge in [0.2, 0.25) is 27.7 Å². The van der Waals surface area contributed by atoms with Crippen LogP contribution in [0.1, 0.15) is 93.4 Å². The molecule has 7 atom stereocenters. The molecule has 3 aromatic rings. The lowest BCUT2D eigenvalue weighted by Crippen LogP contribution is -2.60. The maximum atomic E-state index is 15.0. The first-order valence-corrected chi connectivity index (χ1v) is 23.5. The Balaban J connectivity index is 1.25. The van der Waals surface area contributed by atoms with Crippen molar-refractivity contribution in [3.05, 3.63) is 54.7 Å². The van der Waals surface area contributed by atoms with Crippen molar-refractivity contribution >= 4 is 44.5 Å². The second-order valence-electron chi connectivity index (χ2n) is 19.0. The van der Waals surface area contributed by atoms with Gasteiger partial charge in [0.05, 0.1) is 42.6 Å². The molecule has 7 unspecified atom stereocenters. The number of hydrogen-bond acceptors (Lipinski definition) is 11. The molecule has 7 rings (SSSR count). The minimum Gasteiger partial charge on any atom is -0.497 e. The Kier molecular flexibility index (Phi) is 13.0. The van der Waals surface area contributed by atoms with Crippen molar-refractivity contribution in [1.82, 2.24) is 35.5 Å². The number of allylic oxidation sites excluding steroid dienone is 1. The number of carbonyl (C=O) groups excluding carboxylic acids is 4. The maximum absolute atomic E-state index is 15.0. The third-order valence-electron chi connectivity index (χ3n) is 12.0. The van der Waals surface area contributed by atoms with Gasteiger partial charge in [0.25, 0.3) is 5.91 Å². The molecule has 63 heavy (non-hydrogen) atoms. The monoisotopic (exact) mass is 887 g/mol. The van der Waals surface area contributed by atoms with E-state index in [0.717, 1.165) is 11.8 Å². The smallest absolute Gasteiger partial charge is 0.315 e. The fourth-order valence-corrected chi connectivity index (χ4v) is 9.96. The lowest BCUT2D eigenvalue weighted by molar-refractivity contribution is -0.142. The predicted molar refractivity (Wildman–Crippen MR) is 237 cm³/mol.